The second-order valence-electron chi connectivity index (χ2n) is 11.9. The highest BCUT2D eigenvalue weighted by atomic mass is 16.8. The fourth-order valence-corrected chi connectivity index (χ4v) is 5.86. The van der Waals surface area contributed by atoms with E-state index in [-0.39, 0.29) is 18.6 Å². The molecule has 1 aliphatic rings. The monoisotopic (exact) mass is 666 g/mol. The Kier molecular flexibility index (Phi) is 13.1. The number of methoxy groups -OCH3 is 1. The van der Waals surface area contributed by atoms with Crippen LogP contribution in [0.25, 0.3) is 21.9 Å². The molecule has 258 valence electrons. The zero-order chi connectivity index (χ0) is 34.4. The first kappa shape index (κ1) is 35.4. The Morgan fingerprint density at radius 3 is 2.57 bits per heavy atom. The molecule has 0 aromatic heterocycles. The molecule has 0 saturated carbocycles. The van der Waals surface area contributed by atoms with Gasteiger partial charge in [-0.2, -0.15) is 0 Å². The lowest BCUT2D eigenvalue weighted by Gasteiger charge is -2.23. The average molecular weight is 667 g/mol. The van der Waals surface area contributed by atoms with Gasteiger partial charge in [0.2, 0.25) is 0 Å². The van der Waals surface area contributed by atoms with Crippen LogP contribution in [0.5, 0.6) is 11.5 Å². The van der Waals surface area contributed by atoms with Gasteiger partial charge in [-0.25, -0.2) is 15.1 Å². The zero-order valence-corrected chi connectivity index (χ0v) is 28.5. The lowest BCUT2D eigenvalue weighted by Crippen LogP contribution is -2.34. The summed E-state index contributed by atoms with van der Waals surface area (Å²) in [5, 5.41) is 2.10. The summed E-state index contributed by atoms with van der Waals surface area (Å²) in [7, 11) is 1.64. The number of amides is 2. The maximum absolute atomic E-state index is 12.9. The van der Waals surface area contributed by atoms with Crippen LogP contribution in [0, 0.1) is 0 Å². The van der Waals surface area contributed by atoms with Crippen LogP contribution in [0.1, 0.15) is 60.5 Å². The number of rotatable bonds is 16. The van der Waals surface area contributed by atoms with Crippen molar-refractivity contribution in [3.8, 4) is 22.6 Å². The first-order valence-electron chi connectivity index (χ1n) is 17.0. The third-order valence-electron chi connectivity index (χ3n) is 8.55. The van der Waals surface area contributed by atoms with Crippen molar-refractivity contribution in [2.24, 2.45) is 0 Å². The van der Waals surface area contributed by atoms with E-state index in [1.807, 2.05) is 54.6 Å². The molecule has 9 nitrogen and oxygen atoms in total. The molecule has 0 bridgehead atoms. The lowest BCUT2D eigenvalue weighted by molar-refractivity contribution is -0.186. The number of carbonyl (C=O) groups is 2. The molecule has 1 saturated heterocycles. The molecule has 49 heavy (non-hydrogen) atoms. The van der Waals surface area contributed by atoms with Crippen molar-refractivity contribution in [2.45, 2.75) is 58.3 Å². The van der Waals surface area contributed by atoms with E-state index in [2.05, 4.69) is 31.1 Å². The number of nitrogens with one attached hydrogen (secondary N) is 1. The smallest absolute Gasteiger partial charge is 0.410 e. The summed E-state index contributed by atoms with van der Waals surface area (Å²) in [4.78, 5) is 33.0. The Bertz CT molecular complexity index is 1690. The number of fused-ring (bicyclic) bond motifs is 1. The van der Waals surface area contributed by atoms with Crippen LogP contribution in [-0.4, -0.2) is 56.6 Å². The second-order valence-corrected chi connectivity index (χ2v) is 11.9. The standard InChI is InChI=1S/C40H46N2O7/c1-4-6-26-47-40(44)42(24-5-2)25-23-30-21-22-36(45-3)38(34(30)28-48-35-15-11-13-29-12-7-8-14-33(29)35)31-17-19-32(20-18-31)39(43)41-49-37-16-9-10-27-46-37/h5,7-8,11-15,17-22,37H,2,4,6,9-10,16,23-28H2,1,3H3,(H,41,43). The number of ether oxygens (including phenoxy) is 4. The van der Waals surface area contributed by atoms with Crippen molar-refractivity contribution in [1.82, 2.24) is 10.4 Å². The van der Waals surface area contributed by atoms with Gasteiger partial charge in [0.15, 0.2) is 6.29 Å². The van der Waals surface area contributed by atoms with Crippen LogP contribution in [0.4, 0.5) is 4.79 Å². The van der Waals surface area contributed by atoms with E-state index < -0.39 is 6.29 Å². The number of hydrogen-bond acceptors (Lipinski definition) is 7. The molecule has 1 fully saturated rings. The molecule has 2 amide bonds. The SMILES string of the molecule is C=CCN(CCc1ccc(OC)c(-c2ccc(C(=O)NOC3CCCCO3)cc2)c1COc1cccc2ccccc12)C(=O)OCCCC. The molecule has 0 radical (unpaired) electrons. The average Bonchev–Trinajstić information content (AvgIpc) is 3.15. The van der Waals surface area contributed by atoms with Gasteiger partial charge >= 0.3 is 6.09 Å². The fraction of sp³-hybridized carbons (Fsp3) is 0.350. The van der Waals surface area contributed by atoms with E-state index in [1.165, 1.54) is 0 Å². The number of hydroxylamine groups is 1. The molecular formula is C40H46N2O7. The first-order valence-corrected chi connectivity index (χ1v) is 17.0. The summed E-state index contributed by atoms with van der Waals surface area (Å²) >= 11 is 0. The Morgan fingerprint density at radius 1 is 1.00 bits per heavy atom. The largest absolute Gasteiger partial charge is 0.496 e. The van der Waals surface area contributed by atoms with Gasteiger partial charge in [0.05, 0.1) is 13.7 Å². The predicted molar refractivity (Wildman–Crippen MR) is 191 cm³/mol. The third-order valence-corrected chi connectivity index (χ3v) is 8.55. The van der Waals surface area contributed by atoms with E-state index in [0.717, 1.165) is 70.9 Å². The van der Waals surface area contributed by atoms with Crippen molar-refractivity contribution < 1.29 is 33.4 Å². The van der Waals surface area contributed by atoms with E-state index in [0.29, 0.717) is 44.0 Å². The summed E-state index contributed by atoms with van der Waals surface area (Å²) in [6.45, 7) is 7.95. The molecule has 0 aliphatic carbocycles. The maximum atomic E-state index is 12.9. The summed E-state index contributed by atoms with van der Waals surface area (Å²) < 4.78 is 23.5. The van der Waals surface area contributed by atoms with Crippen molar-refractivity contribution in [1.29, 1.82) is 0 Å². The number of nitrogens with zero attached hydrogens (tertiary/aromatic N) is 1. The van der Waals surface area contributed by atoms with Crippen molar-refractivity contribution >= 4 is 22.8 Å². The highest BCUT2D eigenvalue weighted by Gasteiger charge is 2.21. The van der Waals surface area contributed by atoms with E-state index in [4.69, 9.17) is 23.8 Å². The number of carbonyl (C=O) groups excluding carboxylic acids is 2. The molecule has 1 atom stereocenters. The molecule has 0 spiro atoms. The lowest BCUT2D eigenvalue weighted by atomic mass is 9.92. The van der Waals surface area contributed by atoms with Gasteiger partial charge in [-0.15, -0.1) is 6.58 Å². The van der Waals surface area contributed by atoms with E-state index >= 15 is 0 Å². The summed E-state index contributed by atoms with van der Waals surface area (Å²) in [6.07, 6.45) is 5.94. The minimum atomic E-state index is -0.436. The molecular weight excluding hydrogens is 620 g/mol. The summed E-state index contributed by atoms with van der Waals surface area (Å²) in [6, 6.07) is 25.4. The van der Waals surface area contributed by atoms with Gasteiger partial charge in [0.25, 0.3) is 5.91 Å². The Balaban J connectivity index is 1.44. The van der Waals surface area contributed by atoms with E-state index in [9.17, 15) is 9.59 Å². The van der Waals surface area contributed by atoms with Crippen molar-refractivity contribution in [2.75, 3.05) is 33.4 Å². The molecule has 1 N–H and O–H groups in total. The molecule has 1 unspecified atom stereocenters. The van der Waals surface area contributed by atoms with E-state index in [1.54, 1.807) is 30.2 Å². The number of hydrogen-bond donors (Lipinski definition) is 1. The Labute approximate surface area is 288 Å². The molecule has 1 heterocycles. The van der Waals surface area contributed by atoms with Gasteiger partial charge in [0, 0.05) is 48.2 Å². The van der Waals surface area contributed by atoms with Crippen LogP contribution < -0.4 is 15.0 Å². The topological polar surface area (TPSA) is 95.6 Å². The Hall–Kier alpha value is -4.86. The van der Waals surface area contributed by atoms with Crippen molar-refractivity contribution in [3.05, 3.63) is 108 Å². The minimum absolute atomic E-state index is 0.246. The van der Waals surface area contributed by atoms with Crippen LogP contribution in [0.2, 0.25) is 0 Å². The molecule has 4 aromatic carbocycles. The van der Waals surface area contributed by atoms with Crippen LogP contribution in [-0.2, 0) is 27.3 Å². The molecule has 5 rings (SSSR count). The normalized spacial score (nSPS) is 14.2. The molecule has 9 heteroatoms. The minimum Gasteiger partial charge on any atom is -0.496 e. The van der Waals surface area contributed by atoms with Crippen molar-refractivity contribution in [3.63, 3.8) is 0 Å². The maximum Gasteiger partial charge on any atom is 0.410 e. The number of benzene rings is 4. The second kappa shape index (κ2) is 18.1. The molecule has 4 aromatic rings. The van der Waals surface area contributed by atoms with Crippen LogP contribution in [0.15, 0.2) is 91.5 Å². The first-order chi connectivity index (χ1) is 24.0. The van der Waals surface area contributed by atoms with Gasteiger partial charge in [-0.1, -0.05) is 74.0 Å². The fourth-order valence-electron chi connectivity index (χ4n) is 5.86. The summed E-state index contributed by atoms with van der Waals surface area (Å²) in [5.74, 6) is 1.07. The number of unbranched alkanes of at least 4 members (excludes halogenated alkanes) is 1. The molecule has 1 aliphatic heterocycles. The highest BCUT2D eigenvalue weighted by Crippen LogP contribution is 2.37. The van der Waals surface area contributed by atoms with Crippen LogP contribution >= 0.6 is 0 Å². The third kappa shape index (κ3) is 9.40. The Morgan fingerprint density at radius 2 is 1.82 bits per heavy atom. The van der Waals surface area contributed by atoms with Gasteiger partial charge in [-0.3, -0.25) is 4.79 Å². The zero-order valence-electron chi connectivity index (χ0n) is 28.5. The van der Waals surface area contributed by atoms with Gasteiger partial charge in [0.1, 0.15) is 18.1 Å². The predicted octanol–water partition coefficient (Wildman–Crippen LogP) is 8.25. The van der Waals surface area contributed by atoms with Gasteiger partial charge < -0.3 is 23.8 Å². The highest BCUT2D eigenvalue weighted by molar-refractivity contribution is 5.94. The summed E-state index contributed by atoms with van der Waals surface area (Å²) in [5.41, 5.74) is 6.59. The van der Waals surface area contributed by atoms with Gasteiger partial charge in [-0.05, 0) is 66.5 Å². The quantitative estimate of drug-likeness (QED) is 0.0731. The van der Waals surface area contributed by atoms with Crippen LogP contribution in [0.3, 0.4) is 0 Å².